The Balaban J connectivity index is 2.60. The second kappa shape index (κ2) is 5.61. The highest BCUT2D eigenvalue weighted by Gasteiger charge is 2.37. The van der Waals surface area contributed by atoms with Crippen LogP contribution in [0.5, 0.6) is 0 Å². The molecule has 1 rings (SSSR count). The van der Waals surface area contributed by atoms with Crippen molar-refractivity contribution in [2.75, 3.05) is 0 Å². The Bertz CT molecular complexity index is 271. The van der Waals surface area contributed by atoms with E-state index in [9.17, 15) is 4.79 Å². The van der Waals surface area contributed by atoms with Gasteiger partial charge in [-0.3, -0.25) is 4.79 Å². The zero-order chi connectivity index (χ0) is 13.2. The SMILES string of the molecule is CC1CC(C)CC(SC(C)(C)[C@H](N)C(=O)O)C1. The molecule has 100 valence electrons. The number of hydrogen-bond donors (Lipinski definition) is 2. The van der Waals surface area contributed by atoms with Crippen LogP contribution in [0.3, 0.4) is 0 Å². The third-order valence-electron chi connectivity index (χ3n) is 3.62. The molecule has 0 aromatic heterocycles. The summed E-state index contributed by atoms with van der Waals surface area (Å²) in [5.41, 5.74) is 5.76. The number of aliphatic carboxylic acids is 1. The van der Waals surface area contributed by atoms with Gasteiger partial charge in [0, 0.05) is 10.00 Å². The summed E-state index contributed by atoms with van der Waals surface area (Å²) in [6.07, 6.45) is 3.66. The largest absolute Gasteiger partial charge is 0.480 e. The molecule has 0 aliphatic heterocycles. The molecule has 0 aromatic carbocycles. The third-order valence-corrected chi connectivity index (χ3v) is 5.20. The van der Waals surface area contributed by atoms with Gasteiger partial charge in [0.25, 0.3) is 0 Å². The molecule has 0 saturated heterocycles. The molecule has 0 bridgehead atoms. The molecule has 1 aliphatic rings. The lowest BCUT2D eigenvalue weighted by atomic mass is 9.83. The second-order valence-corrected chi connectivity index (χ2v) is 8.03. The van der Waals surface area contributed by atoms with Gasteiger partial charge in [-0.15, -0.1) is 0 Å². The van der Waals surface area contributed by atoms with Crippen LogP contribution < -0.4 is 5.73 Å². The highest BCUT2D eigenvalue weighted by atomic mass is 32.2. The minimum atomic E-state index is -0.903. The molecule has 2 unspecified atom stereocenters. The summed E-state index contributed by atoms with van der Waals surface area (Å²) < 4.78 is -0.396. The summed E-state index contributed by atoms with van der Waals surface area (Å²) in [6.45, 7) is 8.46. The van der Waals surface area contributed by atoms with Crippen LogP contribution >= 0.6 is 11.8 Å². The van der Waals surface area contributed by atoms with Gasteiger partial charge >= 0.3 is 5.97 Å². The van der Waals surface area contributed by atoms with Crippen molar-refractivity contribution in [1.82, 2.24) is 0 Å². The summed E-state index contributed by atoms with van der Waals surface area (Å²) in [4.78, 5) is 11.0. The summed E-state index contributed by atoms with van der Waals surface area (Å²) in [7, 11) is 0. The second-order valence-electron chi connectivity index (χ2n) is 6.08. The molecule has 1 saturated carbocycles. The van der Waals surface area contributed by atoms with E-state index < -0.39 is 16.8 Å². The highest BCUT2D eigenvalue weighted by molar-refractivity contribution is 8.01. The van der Waals surface area contributed by atoms with Crippen molar-refractivity contribution in [3.63, 3.8) is 0 Å². The van der Waals surface area contributed by atoms with Crippen LogP contribution in [0.15, 0.2) is 0 Å². The maximum absolute atomic E-state index is 11.0. The van der Waals surface area contributed by atoms with E-state index in [0.717, 1.165) is 11.8 Å². The zero-order valence-electron chi connectivity index (χ0n) is 11.3. The Morgan fingerprint density at radius 3 is 2.18 bits per heavy atom. The number of carboxylic acids is 1. The fraction of sp³-hybridized carbons (Fsp3) is 0.923. The Labute approximate surface area is 109 Å². The maximum Gasteiger partial charge on any atom is 0.321 e. The van der Waals surface area contributed by atoms with Gasteiger partial charge < -0.3 is 10.8 Å². The number of carbonyl (C=O) groups is 1. The Hall–Kier alpha value is -0.220. The lowest BCUT2D eigenvalue weighted by molar-refractivity contribution is -0.139. The van der Waals surface area contributed by atoms with Crippen LogP contribution in [0.2, 0.25) is 0 Å². The zero-order valence-corrected chi connectivity index (χ0v) is 12.1. The van der Waals surface area contributed by atoms with Crippen molar-refractivity contribution in [1.29, 1.82) is 0 Å². The molecule has 3 N–H and O–H groups in total. The van der Waals surface area contributed by atoms with Crippen molar-refractivity contribution in [3.05, 3.63) is 0 Å². The monoisotopic (exact) mass is 259 g/mol. The van der Waals surface area contributed by atoms with Crippen molar-refractivity contribution in [2.24, 2.45) is 17.6 Å². The topological polar surface area (TPSA) is 63.3 Å². The van der Waals surface area contributed by atoms with Gasteiger partial charge in [0.05, 0.1) is 0 Å². The average Bonchev–Trinajstić information content (AvgIpc) is 2.13. The van der Waals surface area contributed by atoms with Gasteiger partial charge in [0.15, 0.2) is 0 Å². The molecule has 3 nitrogen and oxygen atoms in total. The quantitative estimate of drug-likeness (QED) is 0.815. The minimum Gasteiger partial charge on any atom is -0.480 e. The normalized spacial score (nSPS) is 32.2. The molecular weight excluding hydrogens is 234 g/mol. The standard InChI is InChI=1S/C13H25NO2S/c1-8-5-9(2)7-10(6-8)17-13(3,4)11(14)12(15)16/h8-11H,5-7,14H2,1-4H3,(H,15,16)/t8?,9?,10?,11-/m1/s1. The van der Waals surface area contributed by atoms with Gasteiger partial charge in [-0.2, -0.15) is 11.8 Å². The molecule has 0 aromatic rings. The smallest absolute Gasteiger partial charge is 0.321 e. The first-order valence-corrected chi connectivity index (χ1v) is 7.26. The van der Waals surface area contributed by atoms with Crippen molar-refractivity contribution < 1.29 is 9.90 Å². The molecule has 17 heavy (non-hydrogen) atoms. The summed E-state index contributed by atoms with van der Waals surface area (Å²) >= 11 is 1.76. The van der Waals surface area contributed by atoms with Gasteiger partial charge in [-0.1, -0.05) is 13.8 Å². The highest BCUT2D eigenvalue weighted by Crippen LogP contribution is 2.41. The molecule has 3 atom stereocenters. The van der Waals surface area contributed by atoms with Gasteiger partial charge in [-0.05, 0) is 44.9 Å². The first-order valence-electron chi connectivity index (χ1n) is 6.38. The van der Waals surface area contributed by atoms with E-state index in [4.69, 9.17) is 10.8 Å². The third kappa shape index (κ3) is 4.18. The average molecular weight is 259 g/mol. The number of rotatable bonds is 4. The molecule has 0 amide bonds. The van der Waals surface area contributed by atoms with Crippen LogP contribution in [0.25, 0.3) is 0 Å². The van der Waals surface area contributed by atoms with E-state index in [1.807, 2.05) is 13.8 Å². The van der Waals surface area contributed by atoms with Gasteiger partial charge in [0.2, 0.25) is 0 Å². The number of thioether (sulfide) groups is 1. The van der Waals surface area contributed by atoms with E-state index in [1.54, 1.807) is 11.8 Å². The number of nitrogens with two attached hydrogens (primary N) is 1. The van der Waals surface area contributed by atoms with Gasteiger partial charge in [0.1, 0.15) is 6.04 Å². The van der Waals surface area contributed by atoms with Gasteiger partial charge in [-0.25, -0.2) is 0 Å². The summed E-state index contributed by atoms with van der Waals surface area (Å²) in [5, 5.41) is 9.56. The van der Waals surface area contributed by atoms with Crippen molar-refractivity contribution in [2.45, 2.75) is 63.0 Å². The van der Waals surface area contributed by atoms with Crippen LogP contribution in [0.1, 0.15) is 47.0 Å². The lowest BCUT2D eigenvalue weighted by Gasteiger charge is -2.37. The van der Waals surface area contributed by atoms with Crippen molar-refractivity contribution in [3.8, 4) is 0 Å². The number of carboxylic acid groups (broad SMARTS) is 1. The van der Waals surface area contributed by atoms with Crippen molar-refractivity contribution >= 4 is 17.7 Å². The molecular formula is C13H25NO2S. The van der Waals surface area contributed by atoms with Crippen LogP contribution in [-0.4, -0.2) is 27.1 Å². The first-order chi connectivity index (χ1) is 7.72. The van der Waals surface area contributed by atoms with Crippen LogP contribution in [-0.2, 0) is 4.79 Å². The lowest BCUT2D eigenvalue weighted by Crippen LogP contribution is -2.48. The molecule has 1 aliphatic carbocycles. The maximum atomic E-state index is 11.0. The molecule has 4 heteroatoms. The Kier molecular flexibility index (Phi) is 4.90. The predicted octanol–water partition coefficient (Wildman–Crippen LogP) is 2.73. The van der Waals surface area contributed by atoms with E-state index >= 15 is 0 Å². The van der Waals surface area contributed by atoms with E-state index in [2.05, 4.69) is 13.8 Å². The van der Waals surface area contributed by atoms with Crippen LogP contribution in [0.4, 0.5) is 0 Å². The number of hydrogen-bond acceptors (Lipinski definition) is 3. The molecule has 1 fully saturated rings. The first kappa shape index (κ1) is 14.8. The van der Waals surface area contributed by atoms with E-state index in [0.29, 0.717) is 5.25 Å². The predicted molar refractivity (Wildman–Crippen MR) is 73.2 cm³/mol. The molecule has 0 spiro atoms. The molecule has 0 heterocycles. The fourth-order valence-electron chi connectivity index (χ4n) is 2.77. The van der Waals surface area contributed by atoms with Crippen LogP contribution in [0, 0.1) is 11.8 Å². The Morgan fingerprint density at radius 2 is 1.76 bits per heavy atom. The van der Waals surface area contributed by atoms with E-state index in [-0.39, 0.29) is 0 Å². The summed E-state index contributed by atoms with van der Waals surface area (Å²) in [5.74, 6) is 0.584. The minimum absolute atomic E-state index is 0.396. The Morgan fingerprint density at radius 1 is 1.29 bits per heavy atom. The van der Waals surface area contributed by atoms with E-state index in [1.165, 1.54) is 19.3 Å². The molecule has 0 radical (unpaired) electrons. The fourth-order valence-corrected chi connectivity index (χ4v) is 4.73. The summed E-state index contributed by atoms with van der Waals surface area (Å²) in [6, 6.07) is -0.792.